The summed E-state index contributed by atoms with van der Waals surface area (Å²) in [6.07, 6.45) is 0. The number of carbonyl (C=O) groups excluding carboxylic acids is 1. The van der Waals surface area contributed by atoms with Crippen LogP contribution in [0.2, 0.25) is 5.02 Å². The lowest BCUT2D eigenvalue weighted by atomic mass is 10.2. The summed E-state index contributed by atoms with van der Waals surface area (Å²) in [6, 6.07) is 5.51. The molecule has 0 fully saturated rings. The van der Waals surface area contributed by atoms with Crippen molar-refractivity contribution in [3.8, 4) is 5.75 Å². The Morgan fingerprint density at radius 1 is 1.56 bits per heavy atom. The molecule has 0 radical (unpaired) electrons. The number of carbonyl (C=O) groups is 1. The normalized spacial score (nSPS) is 10.1. The first-order valence-corrected chi connectivity index (χ1v) is 5.41. The monoisotopic (exact) mass is 242 g/mol. The smallest absolute Gasteiger partial charge is 0.231 e. The molecule has 0 spiro atoms. The molecule has 1 aromatic carbocycles. The zero-order valence-electron chi connectivity index (χ0n) is 9.13. The van der Waals surface area contributed by atoms with Crippen LogP contribution in [0.1, 0.15) is 12.5 Å². The van der Waals surface area contributed by atoms with Gasteiger partial charge in [0.25, 0.3) is 0 Å². The molecule has 0 aliphatic rings. The molecule has 1 amide bonds. The minimum atomic E-state index is -0.378. The number of hydrogen-bond acceptors (Lipinski definition) is 3. The Hall–Kier alpha value is -1.26. The van der Waals surface area contributed by atoms with E-state index in [-0.39, 0.29) is 12.5 Å². The molecule has 0 aromatic heterocycles. The molecule has 1 aromatic rings. The van der Waals surface area contributed by atoms with E-state index >= 15 is 0 Å². The van der Waals surface area contributed by atoms with Gasteiger partial charge in [-0.15, -0.1) is 0 Å². The SMILES string of the molecule is CCOc1ccc(CNCC(N)=O)cc1Cl. The molecule has 4 nitrogen and oxygen atoms in total. The van der Waals surface area contributed by atoms with Crippen LogP contribution in [0.3, 0.4) is 0 Å². The van der Waals surface area contributed by atoms with E-state index in [4.69, 9.17) is 22.1 Å². The van der Waals surface area contributed by atoms with E-state index in [2.05, 4.69) is 5.32 Å². The molecule has 5 heteroatoms. The van der Waals surface area contributed by atoms with Crippen molar-refractivity contribution in [1.29, 1.82) is 0 Å². The fraction of sp³-hybridized carbons (Fsp3) is 0.364. The van der Waals surface area contributed by atoms with E-state index in [1.54, 1.807) is 6.07 Å². The van der Waals surface area contributed by atoms with Crippen molar-refractivity contribution < 1.29 is 9.53 Å². The van der Waals surface area contributed by atoms with Gasteiger partial charge < -0.3 is 15.8 Å². The third-order valence-corrected chi connectivity index (χ3v) is 2.22. The second-order valence-electron chi connectivity index (χ2n) is 3.27. The Kier molecular flexibility index (Phi) is 5.08. The summed E-state index contributed by atoms with van der Waals surface area (Å²) in [6.45, 7) is 3.19. The Balaban J connectivity index is 2.55. The van der Waals surface area contributed by atoms with Crippen LogP contribution in [0.5, 0.6) is 5.75 Å². The number of nitrogens with one attached hydrogen (secondary N) is 1. The summed E-state index contributed by atoms with van der Waals surface area (Å²) in [5, 5.41) is 3.48. The van der Waals surface area contributed by atoms with Crippen molar-refractivity contribution in [2.45, 2.75) is 13.5 Å². The Bertz CT molecular complexity index is 369. The van der Waals surface area contributed by atoms with Crippen molar-refractivity contribution in [1.82, 2.24) is 5.32 Å². The first kappa shape index (κ1) is 12.8. The predicted octanol–water partition coefficient (Wildman–Crippen LogP) is 1.31. The van der Waals surface area contributed by atoms with Crippen molar-refractivity contribution in [2.24, 2.45) is 5.73 Å². The molecule has 0 heterocycles. The third-order valence-electron chi connectivity index (χ3n) is 1.92. The third kappa shape index (κ3) is 4.08. The molecular formula is C11H15ClN2O2. The highest BCUT2D eigenvalue weighted by Gasteiger charge is 2.02. The van der Waals surface area contributed by atoms with E-state index in [1.165, 1.54) is 0 Å². The van der Waals surface area contributed by atoms with Gasteiger partial charge >= 0.3 is 0 Å². The van der Waals surface area contributed by atoms with E-state index in [1.807, 2.05) is 19.1 Å². The van der Waals surface area contributed by atoms with Crippen LogP contribution in [0.15, 0.2) is 18.2 Å². The van der Waals surface area contributed by atoms with E-state index in [0.29, 0.717) is 23.9 Å². The highest BCUT2D eigenvalue weighted by molar-refractivity contribution is 6.32. The topological polar surface area (TPSA) is 64.3 Å². The van der Waals surface area contributed by atoms with Crippen molar-refractivity contribution in [3.63, 3.8) is 0 Å². The number of halogens is 1. The lowest BCUT2D eigenvalue weighted by Crippen LogP contribution is -2.28. The van der Waals surface area contributed by atoms with Gasteiger partial charge in [0, 0.05) is 6.54 Å². The van der Waals surface area contributed by atoms with Gasteiger partial charge in [0.2, 0.25) is 5.91 Å². The van der Waals surface area contributed by atoms with Crippen molar-refractivity contribution in [2.75, 3.05) is 13.2 Å². The van der Waals surface area contributed by atoms with Gasteiger partial charge in [0.1, 0.15) is 5.75 Å². The van der Waals surface area contributed by atoms with Crippen LogP contribution in [-0.4, -0.2) is 19.1 Å². The van der Waals surface area contributed by atoms with Gasteiger partial charge in [0.15, 0.2) is 0 Å². The highest BCUT2D eigenvalue weighted by atomic mass is 35.5. The van der Waals surface area contributed by atoms with Gasteiger partial charge in [-0.2, -0.15) is 0 Å². The summed E-state index contributed by atoms with van der Waals surface area (Å²) in [4.78, 5) is 10.5. The quantitative estimate of drug-likeness (QED) is 0.791. The molecule has 3 N–H and O–H groups in total. The number of hydrogen-bond donors (Lipinski definition) is 2. The molecule has 1 rings (SSSR count). The minimum absolute atomic E-state index is 0.158. The molecule has 0 saturated heterocycles. The second-order valence-corrected chi connectivity index (χ2v) is 3.67. The lowest BCUT2D eigenvalue weighted by Gasteiger charge is -2.08. The maximum absolute atomic E-state index is 10.5. The Labute approximate surface area is 99.7 Å². The maximum atomic E-state index is 10.5. The molecule has 16 heavy (non-hydrogen) atoms. The van der Waals surface area contributed by atoms with E-state index in [0.717, 1.165) is 5.56 Å². The molecule has 0 bridgehead atoms. The zero-order chi connectivity index (χ0) is 12.0. The molecule has 0 unspecified atom stereocenters. The van der Waals surface area contributed by atoms with Crippen molar-refractivity contribution in [3.05, 3.63) is 28.8 Å². The summed E-state index contributed by atoms with van der Waals surface area (Å²) in [7, 11) is 0. The fourth-order valence-corrected chi connectivity index (χ4v) is 1.51. The van der Waals surface area contributed by atoms with Crippen LogP contribution >= 0.6 is 11.6 Å². The second kappa shape index (κ2) is 6.35. The highest BCUT2D eigenvalue weighted by Crippen LogP contribution is 2.25. The summed E-state index contributed by atoms with van der Waals surface area (Å²) in [5.41, 5.74) is 5.98. The van der Waals surface area contributed by atoms with Gasteiger partial charge in [-0.1, -0.05) is 17.7 Å². The standard InChI is InChI=1S/C11H15ClN2O2/c1-2-16-10-4-3-8(5-9(10)12)6-14-7-11(13)15/h3-5,14H,2,6-7H2,1H3,(H2,13,15). The van der Waals surface area contributed by atoms with Crippen LogP contribution in [0.25, 0.3) is 0 Å². The van der Waals surface area contributed by atoms with Crippen molar-refractivity contribution >= 4 is 17.5 Å². The predicted molar refractivity (Wildman–Crippen MR) is 63.5 cm³/mol. The summed E-state index contributed by atoms with van der Waals surface area (Å²) in [5.74, 6) is 0.292. The number of benzene rings is 1. The van der Waals surface area contributed by atoms with Gasteiger partial charge in [-0.25, -0.2) is 0 Å². The number of ether oxygens (including phenoxy) is 1. The largest absolute Gasteiger partial charge is 0.492 e. The molecule has 0 atom stereocenters. The average Bonchev–Trinajstić information content (AvgIpc) is 2.21. The van der Waals surface area contributed by atoms with Crippen LogP contribution in [-0.2, 0) is 11.3 Å². The van der Waals surface area contributed by atoms with Gasteiger partial charge in [-0.3, -0.25) is 4.79 Å². The van der Waals surface area contributed by atoms with Crippen LogP contribution in [0.4, 0.5) is 0 Å². The number of nitrogens with two attached hydrogens (primary N) is 1. The number of primary amides is 1. The van der Waals surface area contributed by atoms with Gasteiger partial charge in [0.05, 0.1) is 18.2 Å². The summed E-state index contributed by atoms with van der Waals surface area (Å²) >= 11 is 6.01. The number of rotatable bonds is 6. The maximum Gasteiger partial charge on any atom is 0.231 e. The fourth-order valence-electron chi connectivity index (χ4n) is 1.26. The van der Waals surface area contributed by atoms with Crippen LogP contribution < -0.4 is 15.8 Å². The Morgan fingerprint density at radius 2 is 2.31 bits per heavy atom. The molecule has 88 valence electrons. The average molecular weight is 243 g/mol. The molecule has 0 saturated carbocycles. The molecular weight excluding hydrogens is 228 g/mol. The molecule has 0 aliphatic heterocycles. The summed E-state index contributed by atoms with van der Waals surface area (Å²) < 4.78 is 5.31. The van der Waals surface area contributed by atoms with E-state index < -0.39 is 0 Å². The number of amides is 1. The van der Waals surface area contributed by atoms with E-state index in [9.17, 15) is 4.79 Å². The van der Waals surface area contributed by atoms with Crippen LogP contribution in [0, 0.1) is 0 Å². The zero-order valence-corrected chi connectivity index (χ0v) is 9.88. The first-order valence-electron chi connectivity index (χ1n) is 5.03. The Morgan fingerprint density at radius 3 is 2.88 bits per heavy atom. The van der Waals surface area contributed by atoms with Gasteiger partial charge in [-0.05, 0) is 24.6 Å². The lowest BCUT2D eigenvalue weighted by molar-refractivity contribution is -0.117. The first-order chi connectivity index (χ1) is 7.63. The minimum Gasteiger partial charge on any atom is -0.492 e. The molecule has 0 aliphatic carbocycles.